The van der Waals surface area contributed by atoms with Crippen molar-refractivity contribution in [2.75, 3.05) is 0 Å². The van der Waals surface area contributed by atoms with Crippen molar-refractivity contribution in [2.45, 2.75) is 45.2 Å². The summed E-state index contributed by atoms with van der Waals surface area (Å²) in [6.07, 6.45) is 7.43. The Morgan fingerprint density at radius 1 is 1.33 bits per heavy atom. The van der Waals surface area contributed by atoms with Gasteiger partial charge in [0.1, 0.15) is 0 Å². The summed E-state index contributed by atoms with van der Waals surface area (Å²) >= 11 is 0. The lowest BCUT2D eigenvalue weighted by Crippen LogP contribution is -2.18. The quantitative estimate of drug-likeness (QED) is 0.876. The number of benzene rings is 1. The predicted octanol–water partition coefficient (Wildman–Crippen LogP) is 3.33. The summed E-state index contributed by atoms with van der Waals surface area (Å²) in [7, 11) is 0. The van der Waals surface area contributed by atoms with E-state index in [1.807, 2.05) is 0 Å². The minimum Gasteiger partial charge on any atom is -0.347 e. The van der Waals surface area contributed by atoms with Crippen LogP contribution in [0.1, 0.15) is 31.7 Å². The zero-order chi connectivity index (χ0) is 12.5. The van der Waals surface area contributed by atoms with Gasteiger partial charge in [-0.05, 0) is 49.8 Å². The molecule has 2 heteroatoms. The first-order valence-corrected chi connectivity index (χ1v) is 7.06. The second-order valence-electron chi connectivity index (χ2n) is 5.80. The topological polar surface area (TPSA) is 30.9 Å². The van der Waals surface area contributed by atoms with Gasteiger partial charge in [0.05, 0.1) is 0 Å². The molecule has 0 spiro atoms. The van der Waals surface area contributed by atoms with E-state index in [2.05, 4.69) is 42.0 Å². The number of fused-ring (bicyclic) bond motifs is 1. The summed E-state index contributed by atoms with van der Waals surface area (Å²) in [5.74, 6) is 0.901. The van der Waals surface area contributed by atoms with E-state index in [4.69, 9.17) is 5.73 Å². The zero-order valence-corrected chi connectivity index (χ0v) is 11.1. The maximum atomic E-state index is 5.93. The SMILES string of the molecule is CC(N)Cc1cccc2c1ccn2CC1CCC1. The molecule has 1 saturated carbocycles. The Balaban J connectivity index is 1.92. The summed E-state index contributed by atoms with van der Waals surface area (Å²) in [6.45, 7) is 3.26. The molecule has 1 fully saturated rings. The van der Waals surface area contributed by atoms with Gasteiger partial charge in [0, 0.05) is 29.7 Å². The van der Waals surface area contributed by atoms with Crippen LogP contribution in [0.25, 0.3) is 10.9 Å². The fraction of sp³-hybridized carbons (Fsp3) is 0.500. The average molecular weight is 242 g/mol. The van der Waals surface area contributed by atoms with Crippen LogP contribution in [0.2, 0.25) is 0 Å². The van der Waals surface area contributed by atoms with Crippen molar-refractivity contribution >= 4 is 10.9 Å². The summed E-state index contributed by atoms with van der Waals surface area (Å²) in [4.78, 5) is 0. The Morgan fingerprint density at radius 3 is 2.83 bits per heavy atom. The second kappa shape index (κ2) is 4.77. The molecule has 1 heterocycles. The van der Waals surface area contributed by atoms with Crippen LogP contribution >= 0.6 is 0 Å². The first-order valence-electron chi connectivity index (χ1n) is 7.06. The number of rotatable bonds is 4. The normalized spacial score (nSPS) is 17.9. The molecule has 2 aromatic rings. The van der Waals surface area contributed by atoms with Gasteiger partial charge in [-0.3, -0.25) is 0 Å². The molecule has 0 radical (unpaired) electrons. The van der Waals surface area contributed by atoms with Gasteiger partial charge in [-0.15, -0.1) is 0 Å². The van der Waals surface area contributed by atoms with E-state index in [1.165, 1.54) is 42.3 Å². The molecular weight excluding hydrogens is 220 g/mol. The molecule has 0 bridgehead atoms. The van der Waals surface area contributed by atoms with Crippen LogP contribution in [-0.4, -0.2) is 10.6 Å². The first kappa shape index (κ1) is 11.8. The van der Waals surface area contributed by atoms with E-state index in [0.717, 1.165) is 12.3 Å². The highest BCUT2D eigenvalue weighted by molar-refractivity contribution is 5.83. The highest BCUT2D eigenvalue weighted by Crippen LogP contribution is 2.30. The Bertz CT molecular complexity index is 535. The number of aromatic nitrogens is 1. The lowest BCUT2D eigenvalue weighted by molar-refractivity contribution is 0.280. The van der Waals surface area contributed by atoms with Crippen molar-refractivity contribution in [1.82, 2.24) is 4.57 Å². The van der Waals surface area contributed by atoms with E-state index in [9.17, 15) is 0 Å². The molecule has 1 aliphatic rings. The van der Waals surface area contributed by atoms with Gasteiger partial charge in [-0.2, -0.15) is 0 Å². The van der Waals surface area contributed by atoms with Crippen molar-refractivity contribution in [2.24, 2.45) is 11.7 Å². The lowest BCUT2D eigenvalue weighted by Gasteiger charge is -2.26. The van der Waals surface area contributed by atoms with Gasteiger partial charge in [-0.1, -0.05) is 18.6 Å². The smallest absolute Gasteiger partial charge is 0.0483 e. The van der Waals surface area contributed by atoms with Crippen LogP contribution in [-0.2, 0) is 13.0 Å². The molecule has 1 aromatic heterocycles. The predicted molar refractivity (Wildman–Crippen MR) is 76.6 cm³/mol. The Morgan fingerprint density at radius 2 is 2.17 bits per heavy atom. The molecule has 3 rings (SSSR count). The van der Waals surface area contributed by atoms with E-state index < -0.39 is 0 Å². The molecule has 18 heavy (non-hydrogen) atoms. The molecule has 1 aliphatic carbocycles. The van der Waals surface area contributed by atoms with Crippen LogP contribution < -0.4 is 5.73 Å². The zero-order valence-electron chi connectivity index (χ0n) is 11.1. The van der Waals surface area contributed by atoms with Crippen molar-refractivity contribution in [3.63, 3.8) is 0 Å². The van der Waals surface area contributed by atoms with Gasteiger partial charge >= 0.3 is 0 Å². The molecule has 0 aliphatic heterocycles. The number of nitrogens with zero attached hydrogens (tertiary/aromatic N) is 1. The minimum absolute atomic E-state index is 0.227. The summed E-state index contributed by atoms with van der Waals surface area (Å²) in [5, 5.41) is 1.38. The monoisotopic (exact) mass is 242 g/mol. The Labute approximate surface area is 109 Å². The molecule has 1 unspecified atom stereocenters. The summed E-state index contributed by atoms with van der Waals surface area (Å²) in [5.41, 5.74) is 8.69. The van der Waals surface area contributed by atoms with Gasteiger partial charge in [0.2, 0.25) is 0 Å². The number of hydrogen-bond acceptors (Lipinski definition) is 1. The molecular formula is C16H22N2. The van der Waals surface area contributed by atoms with Crippen molar-refractivity contribution in [3.05, 3.63) is 36.0 Å². The number of hydrogen-bond donors (Lipinski definition) is 1. The minimum atomic E-state index is 0.227. The van der Waals surface area contributed by atoms with Crippen LogP contribution in [0.4, 0.5) is 0 Å². The second-order valence-corrected chi connectivity index (χ2v) is 5.80. The average Bonchev–Trinajstić information content (AvgIpc) is 2.67. The molecule has 2 N–H and O–H groups in total. The largest absolute Gasteiger partial charge is 0.347 e. The van der Waals surface area contributed by atoms with Crippen molar-refractivity contribution < 1.29 is 0 Å². The van der Waals surface area contributed by atoms with Crippen LogP contribution in [0.5, 0.6) is 0 Å². The van der Waals surface area contributed by atoms with E-state index in [-0.39, 0.29) is 6.04 Å². The van der Waals surface area contributed by atoms with Crippen LogP contribution in [0, 0.1) is 5.92 Å². The lowest BCUT2D eigenvalue weighted by atomic mass is 9.85. The van der Waals surface area contributed by atoms with E-state index in [1.54, 1.807) is 0 Å². The third kappa shape index (κ3) is 2.17. The van der Waals surface area contributed by atoms with Crippen molar-refractivity contribution in [1.29, 1.82) is 0 Å². The van der Waals surface area contributed by atoms with Gasteiger partial charge < -0.3 is 10.3 Å². The van der Waals surface area contributed by atoms with Gasteiger partial charge in [0.15, 0.2) is 0 Å². The fourth-order valence-electron chi connectivity index (χ4n) is 2.92. The van der Waals surface area contributed by atoms with E-state index in [0.29, 0.717) is 0 Å². The third-order valence-corrected chi connectivity index (χ3v) is 4.13. The standard InChI is InChI=1S/C16H22N2/c1-12(17)10-14-6-3-7-16-15(14)8-9-18(16)11-13-4-2-5-13/h3,6-9,12-13H,2,4-5,10-11,17H2,1H3. The van der Waals surface area contributed by atoms with E-state index >= 15 is 0 Å². The fourth-order valence-corrected chi connectivity index (χ4v) is 2.92. The maximum absolute atomic E-state index is 5.93. The molecule has 2 nitrogen and oxygen atoms in total. The van der Waals surface area contributed by atoms with Crippen LogP contribution in [0.15, 0.2) is 30.5 Å². The molecule has 1 atom stereocenters. The Kier molecular flexibility index (Phi) is 3.13. The summed E-state index contributed by atoms with van der Waals surface area (Å²) in [6, 6.07) is 9.09. The van der Waals surface area contributed by atoms with Crippen LogP contribution in [0.3, 0.4) is 0 Å². The first-order chi connectivity index (χ1) is 8.74. The van der Waals surface area contributed by atoms with Crippen molar-refractivity contribution in [3.8, 4) is 0 Å². The van der Waals surface area contributed by atoms with Gasteiger partial charge in [0.25, 0.3) is 0 Å². The maximum Gasteiger partial charge on any atom is 0.0483 e. The summed E-state index contributed by atoms with van der Waals surface area (Å²) < 4.78 is 2.42. The highest BCUT2D eigenvalue weighted by Gasteiger charge is 2.18. The molecule has 0 amide bonds. The third-order valence-electron chi connectivity index (χ3n) is 4.13. The van der Waals surface area contributed by atoms with Gasteiger partial charge in [-0.25, -0.2) is 0 Å². The molecule has 1 aromatic carbocycles. The molecule has 0 saturated heterocycles. The molecule has 96 valence electrons. The Hall–Kier alpha value is -1.28. The number of nitrogens with two attached hydrogens (primary N) is 1. The highest BCUT2D eigenvalue weighted by atomic mass is 15.0.